The van der Waals surface area contributed by atoms with Gasteiger partial charge >= 0.3 is 7.12 Å². The maximum absolute atomic E-state index is 6.08. The second-order valence-corrected chi connectivity index (χ2v) is 6.56. The molecular formula is C15H25BO3. The van der Waals surface area contributed by atoms with Crippen LogP contribution < -0.4 is 5.46 Å². The molecule has 1 aliphatic rings. The van der Waals surface area contributed by atoms with Gasteiger partial charge in [-0.05, 0) is 47.1 Å². The number of hydrogen-bond donors (Lipinski definition) is 0. The van der Waals surface area contributed by atoms with Crippen molar-refractivity contribution in [3.05, 3.63) is 17.6 Å². The summed E-state index contributed by atoms with van der Waals surface area (Å²) in [5.74, 6) is 2.34. The van der Waals surface area contributed by atoms with E-state index in [1.54, 1.807) is 0 Å². The highest BCUT2D eigenvalue weighted by molar-refractivity contribution is 6.62. The van der Waals surface area contributed by atoms with Gasteiger partial charge in [0.05, 0.1) is 11.2 Å². The van der Waals surface area contributed by atoms with E-state index in [1.165, 1.54) is 0 Å². The highest BCUT2D eigenvalue weighted by atomic mass is 16.7. The van der Waals surface area contributed by atoms with Crippen LogP contribution in [0.15, 0.2) is 10.5 Å². The van der Waals surface area contributed by atoms with Crippen LogP contribution in [0.4, 0.5) is 0 Å². The van der Waals surface area contributed by atoms with Crippen molar-refractivity contribution in [1.82, 2.24) is 0 Å². The van der Waals surface area contributed by atoms with Crippen LogP contribution >= 0.6 is 0 Å². The summed E-state index contributed by atoms with van der Waals surface area (Å²) < 4.78 is 18.0. The summed E-state index contributed by atoms with van der Waals surface area (Å²) in [6, 6.07) is 2.09. The van der Waals surface area contributed by atoms with Crippen LogP contribution in [-0.2, 0) is 9.31 Å². The Balaban J connectivity index is 2.27. The van der Waals surface area contributed by atoms with E-state index in [4.69, 9.17) is 13.7 Å². The molecule has 0 N–H and O–H groups in total. The first-order chi connectivity index (χ1) is 8.68. The second kappa shape index (κ2) is 4.67. The minimum Gasteiger partial charge on any atom is -0.466 e. The predicted molar refractivity (Wildman–Crippen MR) is 77.9 cm³/mol. The van der Waals surface area contributed by atoms with Gasteiger partial charge in [0, 0.05) is 11.4 Å². The van der Waals surface area contributed by atoms with Crippen molar-refractivity contribution in [3.63, 3.8) is 0 Å². The molecule has 19 heavy (non-hydrogen) atoms. The summed E-state index contributed by atoms with van der Waals surface area (Å²) in [5.41, 5.74) is 0.407. The number of furan rings is 1. The van der Waals surface area contributed by atoms with Gasteiger partial charge in [-0.25, -0.2) is 0 Å². The van der Waals surface area contributed by atoms with Crippen LogP contribution in [0.3, 0.4) is 0 Å². The van der Waals surface area contributed by atoms with Crippen LogP contribution in [-0.4, -0.2) is 18.3 Å². The van der Waals surface area contributed by atoms with E-state index in [9.17, 15) is 0 Å². The smallest absolute Gasteiger partial charge is 0.466 e. The minimum absolute atomic E-state index is 0.308. The normalized spacial score (nSPS) is 22.8. The zero-order valence-corrected chi connectivity index (χ0v) is 13.2. The molecule has 1 fully saturated rings. The third-order valence-corrected chi connectivity index (χ3v) is 4.58. The van der Waals surface area contributed by atoms with Gasteiger partial charge in [0.25, 0.3) is 0 Å². The third-order valence-electron chi connectivity index (χ3n) is 4.58. The fourth-order valence-electron chi connectivity index (χ4n) is 2.17. The number of aryl methyl sites for hydroxylation is 1. The third kappa shape index (κ3) is 2.48. The zero-order chi connectivity index (χ0) is 14.4. The average molecular weight is 264 g/mol. The van der Waals surface area contributed by atoms with Crippen molar-refractivity contribution in [1.29, 1.82) is 0 Å². The maximum Gasteiger partial charge on any atom is 0.498 e. The summed E-state index contributed by atoms with van der Waals surface area (Å²) in [4.78, 5) is 0. The Morgan fingerprint density at radius 2 is 1.68 bits per heavy atom. The highest BCUT2D eigenvalue weighted by Gasteiger charge is 2.52. The highest BCUT2D eigenvalue weighted by Crippen LogP contribution is 2.37. The first-order valence-corrected chi connectivity index (χ1v) is 7.14. The van der Waals surface area contributed by atoms with Crippen molar-refractivity contribution in [2.45, 2.75) is 72.0 Å². The molecule has 3 nitrogen and oxygen atoms in total. The summed E-state index contributed by atoms with van der Waals surface area (Å²) in [5, 5.41) is 0. The van der Waals surface area contributed by atoms with E-state index in [0.717, 1.165) is 23.4 Å². The Morgan fingerprint density at radius 1 is 1.16 bits per heavy atom. The Hall–Kier alpha value is -0.735. The lowest BCUT2D eigenvalue weighted by Crippen LogP contribution is -2.41. The maximum atomic E-state index is 6.08. The van der Waals surface area contributed by atoms with Gasteiger partial charge in [0.2, 0.25) is 0 Å². The number of hydrogen-bond acceptors (Lipinski definition) is 3. The Bertz CT molecular complexity index is 446. The molecule has 0 spiro atoms. The summed E-state index contributed by atoms with van der Waals surface area (Å²) in [6.07, 6.45) is 1.07. The summed E-state index contributed by atoms with van der Waals surface area (Å²) >= 11 is 0. The van der Waals surface area contributed by atoms with Gasteiger partial charge in [-0.3, -0.25) is 0 Å². The molecule has 0 aliphatic carbocycles. The molecule has 0 aromatic carbocycles. The lowest BCUT2D eigenvalue weighted by atomic mass is 9.79. The van der Waals surface area contributed by atoms with E-state index in [2.05, 4.69) is 47.6 Å². The average Bonchev–Trinajstić information content (AvgIpc) is 2.77. The van der Waals surface area contributed by atoms with E-state index < -0.39 is 0 Å². The molecule has 0 amide bonds. The topological polar surface area (TPSA) is 31.6 Å². The largest absolute Gasteiger partial charge is 0.498 e. The van der Waals surface area contributed by atoms with Gasteiger partial charge < -0.3 is 13.7 Å². The first kappa shape index (κ1) is 14.7. The number of rotatable bonds is 3. The monoisotopic (exact) mass is 264 g/mol. The molecule has 1 saturated heterocycles. The van der Waals surface area contributed by atoms with Crippen LogP contribution in [0.25, 0.3) is 0 Å². The molecule has 1 aromatic heterocycles. The quantitative estimate of drug-likeness (QED) is 0.784. The van der Waals surface area contributed by atoms with Crippen molar-refractivity contribution in [2.24, 2.45) is 0 Å². The summed E-state index contributed by atoms with van der Waals surface area (Å²) in [6.45, 7) is 14.6. The van der Waals surface area contributed by atoms with Crippen molar-refractivity contribution >= 4 is 12.6 Å². The van der Waals surface area contributed by atoms with Gasteiger partial charge in [-0.2, -0.15) is 0 Å². The van der Waals surface area contributed by atoms with Gasteiger partial charge in [-0.1, -0.05) is 13.8 Å². The molecule has 2 heterocycles. The predicted octanol–water partition coefficient (Wildman–Crippen LogP) is 3.40. The Morgan fingerprint density at radius 3 is 2.16 bits per heavy atom. The molecule has 0 saturated carbocycles. The molecule has 0 radical (unpaired) electrons. The van der Waals surface area contributed by atoms with Gasteiger partial charge in [0.15, 0.2) is 0 Å². The Labute approximate surface area is 116 Å². The molecular weight excluding hydrogens is 239 g/mol. The van der Waals surface area contributed by atoms with Crippen LogP contribution in [0.5, 0.6) is 0 Å². The van der Waals surface area contributed by atoms with E-state index in [0.29, 0.717) is 5.92 Å². The van der Waals surface area contributed by atoms with Crippen LogP contribution in [0.2, 0.25) is 0 Å². The zero-order valence-electron chi connectivity index (χ0n) is 13.2. The van der Waals surface area contributed by atoms with E-state index in [-0.39, 0.29) is 18.3 Å². The molecule has 106 valence electrons. The van der Waals surface area contributed by atoms with E-state index >= 15 is 0 Å². The molecule has 2 rings (SSSR count). The van der Waals surface area contributed by atoms with Crippen molar-refractivity contribution < 1.29 is 13.7 Å². The molecule has 1 aromatic rings. The molecule has 4 heteroatoms. The van der Waals surface area contributed by atoms with Crippen molar-refractivity contribution in [3.8, 4) is 0 Å². The minimum atomic E-state index is -0.327. The lowest BCUT2D eigenvalue weighted by Gasteiger charge is -2.32. The molecule has 1 unspecified atom stereocenters. The Kier molecular flexibility index (Phi) is 3.61. The fraction of sp³-hybridized carbons (Fsp3) is 0.733. The van der Waals surface area contributed by atoms with Gasteiger partial charge in [0.1, 0.15) is 11.5 Å². The lowest BCUT2D eigenvalue weighted by molar-refractivity contribution is 0.00578. The fourth-order valence-corrected chi connectivity index (χ4v) is 2.17. The SMILES string of the molecule is CCC(C)c1cc(B2OC(C)(C)C(C)(C)O2)c(C)o1. The molecule has 1 atom stereocenters. The van der Waals surface area contributed by atoms with Crippen LogP contribution in [0, 0.1) is 6.92 Å². The van der Waals surface area contributed by atoms with E-state index in [1.807, 2.05) is 6.92 Å². The van der Waals surface area contributed by atoms with Crippen LogP contribution in [0.1, 0.15) is 65.4 Å². The van der Waals surface area contributed by atoms with Gasteiger partial charge in [-0.15, -0.1) is 0 Å². The molecule has 0 bridgehead atoms. The summed E-state index contributed by atoms with van der Waals surface area (Å²) in [7, 11) is -0.327. The standard InChI is InChI=1S/C15H25BO3/c1-8-10(2)13-9-12(11(3)17-13)16-18-14(4,5)15(6,7)19-16/h9-10H,8H2,1-7H3. The second-order valence-electron chi connectivity index (χ2n) is 6.56. The van der Waals surface area contributed by atoms with Crippen molar-refractivity contribution in [2.75, 3.05) is 0 Å². The first-order valence-electron chi connectivity index (χ1n) is 7.14. The molecule has 1 aliphatic heterocycles.